The Morgan fingerprint density at radius 1 is 1.25 bits per heavy atom. The third kappa shape index (κ3) is 3.71. The molecular formula is C16H20N2O2. The highest BCUT2D eigenvalue weighted by Gasteiger charge is 2.08. The predicted octanol–water partition coefficient (Wildman–Crippen LogP) is 1.97. The molecule has 4 nitrogen and oxygen atoms in total. The summed E-state index contributed by atoms with van der Waals surface area (Å²) in [7, 11) is 3.35. The van der Waals surface area contributed by atoms with Crippen LogP contribution in [0.4, 0.5) is 0 Å². The average Bonchev–Trinajstić information content (AvgIpc) is 2.88. The number of ether oxygens (including phenoxy) is 1. The second-order valence-electron chi connectivity index (χ2n) is 4.74. The summed E-state index contributed by atoms with van der Waals surface area (Å²) in [4.78, 5) is 11.4. The minimum absolute atomic E-state index is 0.208. The maximum Gasteiger partial charge on any atom is 0.309 e. The van der Waals surface area contributed by atoms with Gasteiger partial charge in [0.25, 0.3) is 0 Å². The molecule has 0 aliphatic carbocycles. The van der Waals surface area contributed by atoms with Gasteiger partial charge in [0.05, 0.1) is 13.5 Å². The first-order chi connectivity index (χ1) is 9.72. The average molecular weight is 272 g/mol. The molecule has 0 fully saturated rings. The van der Waals surface area contributed by atoms with Gasteiger partial charge in [0.2, 0.25) is 0 Å². The molecule has 0 aliphatic heterocycles. The largest absolute Gasteiger partial charge is 0.469 e. The highest BCUT2D eigenvalue weighted by atomic mass is 16.5. The van der Waals surface area contributed by atoms with Crippen molar-refractivity contribution in [3.8, 4) is 0 Å². The van der Waals surface area contributed by atoms with Crippen LogP contribution in [0.25, 0.3) is 0 Å². The molecule has 106 valence electrons. The maximum atomic E-state index is 11.4. The van der Waals surface area contributed by atoms with Crippen LogP contribution in [0.15, 0.2) is 42.7 Å². The van der Waals surface area contributed by atoms with E-state index in [9.17, 15) is 4.79 Å². The molecule has 0 bridgehead atoms. The quantitative estimate of drug-likeness (QED) is 0.818. The Labute approximate surface area is 119 Å². The summed E-state index contributed by atoms with van der Waals surface area (Å²) in [5.74, 6) is -0.208. The van der Waals surface area contributed by atoms with Crippen molar-refractivity contribution < 1.29 is 9.53 Å². The van der Waals surface area contributed by atoms with E-state index in [0.717, 1.165) is 24.2 Å². The number of carbonyl (C=O) groups is 1. The summed E-state index contributed by atoms with van der Waals surface area (Å²) < 4.78 is 6.87. The number of benzene rings is 1. The lowest BCUT2D eigenvalue weighted by Gasteiger charge is -2.09. The first kappa shape index (κ1) is 14.3. The van der Waals surface area contributed by atoms with Gasteiger partial charge in [0, 0.05) is 25.5 Å². The molecule has 1 aromatic heterocycles. The van der Waals surface area contributed by atoms with Crippen LogP contribution in [0.5, 0.6) is 0 Å². The Morgan fingerprint density at radius 2 is 2.00 bits per heavy atom. The number of nitrogens with one attached hydrogen (secondary N) is 1. The van der Waals surface area contributed by atoms with Crippen molar-refractivity contribution in [2.75, 3.05) is 14.2 Å². The molecule has 0 aliphatic rings. The number of rotatable bonds is 6. The molecule has 4 heteroatoms. The lowest BCUT2D eigenvalue weighted by atomic mass is 10.0. The number of aromatic nitrogens is 1. The van der Waals surface area contributed by atoms with Gasteiger partial charge >= 0.3 is 5.97 Å². The fraction of sp³-hybridized carbons (Fsp3) is 0.312. The van der Waals surface area contributed by atoms with E-state index in [1.807, 2.05) is 25.2 Å². The molecule has 0 radical (unpaired) electrons. The Kier molecular flexibility index (Phi) is 4.96. The lowest BCUT2D eigenvalue weighted by Crippen LogP contribution is -2.08. The number of esters is 1. The van der Waals surface area contributed by atoms with E-state index < -0.39 is 0 Å². The molecule has 2 rings (SSSR count). The van der Waals surface area contributed by atoms with Gasteiger partial charge in [0.1, 0.15) is 0 Å². The van der Waals surface area contributed by atoms with E-state index in [-0.39, 0.29) is 5.97 Å². The van der Waals surface area contributed by atoms with Crippen molar-refractivity contribution in [2.24, 2.45) is 0 Å². The van der Waals surface area contributed by atoms with Gasteiger partial charge < -0.3 is 14.6 Å². The van der Waals surface area contributed by atoms with Crippen molar-refractivity contribution >= 4 is 5.97 Å². The summed E-state index contributed by atoms with van der Waals surface area (Å²) in [6.07, 6.45) is 4.49. The summed E-state index contributed by atoms with van der Waals surface area (Å²) in [5, 5.41) is 3.13. The minimum Gasteiger partial charge on any atom is -0.469 e. The van der Waals surface area contributed by atoms with Crippen molar-refractivity contribution in [3.63, 3.8) is 0 Å². The van der Waals surface area contributed by atoms with Crippen molar-refractivity contribution in [3.05, 3.63) is 59.4 Å². The number of hydrogen-bond donors (Lipinski definition) is 1. The van der Waals surface area contributed by atoms with E-state index in [1.165, 1.54) is 12.7 Å². The molecule has 0 spiro atoms. The minimum atomic E-state index is -0.208. The highest BCUT2D eigenvalue weighted by Crippen LogP contribution is 2.13. The van der Waals surface area contributed by atoms with Gasteiger partial charge in [-0.1, -0.05) is 24.3 Å². The van der Waals surface area contributed by atoms with Crippen LogP contribution in [-0.4, -0.2) is 24.7 Å². The third-order valence-electron chi connectivity index (χ3n) is 3.23. The fourth-order valence-electron chi connectivity index (χ4n) is 2.21. The second kappa shape index (κ2) is 6.91. The van der Waals surface area contributed by atoms with Gasteiger partial charge in [0.15, 0.2) is 0 Å². The summed E-state index contributed by atoms with van der Waals surface area (Å²) in [6, 6.07) is 10.1. The smallest absolute Gasteiger partial charge is 0.309 e. The zero-order valence-electron chi connectivity index (χ0n) is 11.9. The summed E-state index contributed by atoms with van der Waals surface area (Å²) in [6.45, 7) is 1.62. The van der Waals surface area contributed by atoms with Crippen LogP contribution in [0.3, 0.4) is 0 Å². The van der Waals surface area contributed by atoms with Crippen molar-refractivity contribution in [2.45, 2.75) is 19.5 Å². The monoisotopic (exact) mass is 272 g/mol. The summed E-state index contributed by atoms with van der Waals surface area (Å²) >= 11 is 0. The van der Waals surface area contributed by atoms with Gasteiger partial charge in [-0.15, -0.1) is 0 Å². The molecule has 0 atom stereocenters. The Hall–Kier alpha value is -2.07. The fourth-order valence-corrected chi connectivity index (χ4v) is 2.21. The van der Waals surface area contributed by atoms with Gasteiger partial charge in [-0.2, -0.15) is 0 Å². The van der Waals surface area contributed by atoms with Gasteiger partial charge in [-0.3, -0.25) is 4.79 Å². The maximum absolute atomic E-state index is 11.4. The lowest BCUT2D eigenvalue weighted by molar-refractivity contribution is -0.139. The number of hydrogen-bond acceptors (Lipinski definition) is 3. The predicted molar refractivity (Wildman–Crippen MR) is 78.5 cm³/mol. The Bertz CT molecular complexity index is 575. The molecule has 0 saturated carbocycles. The van der Waals surface area contributed by atoms with Crippen LogP contribution < -0.4 is 5.32 Å². The SMILES string of the molecule is CNCc1ccn(Cc2ccccc2CC(=O)OC)c1. The van der Waals surface area contributed by atoms with Crippen molar-refractivity contribution in [1.29, 1.82) is 0 Å². The standard InChI is InChI=1S/C16H20N2O2/c1-17-10-13-7-8-18(11-13)12-15-6-4-3-5-14(15)9-16(19)20-2/h3-8,11,17H,9-10,12H2,1-2H3. The van der Waals surface area contributed by atoms with E-state index in [0.29, 0.717) is 6.42 Å². The molecular weight excluding hydrogens is 252 g/mol. The summed E-state index contributed by atoms with van der Waals surface area (Å²) in [5.41, 5.74) is 3.41. The first-order valence-corrected chi connectivity index (χ1v) is 6.65. The molecule has 1 heterocycles. The Balaban J connectivity index is 2.13. The molecule has 0 saturated heterocycles. The molecule has 2 aromatic rings. The highest BCUT2D eigenvalue weighted by molar-refractivity contribution is 5.72. The van der Waals surface area contributed by atoms with E-state index in [1.54, 1.807) is 0 Å². The molecule has 0 amide bonds. The number of methoxy groups -OCH3 is 1. The van der Waals surface area contributed by atoms with Gasteiger partial charge in [-0.05, 0) is 29.8 Å². The van der Waals surface area contributed by atoms with Crippen LogP contribution >= 0.6 is 0 Å². The van der Waals surface area contributed by atoms with Crippen LogP contribution in [0.1, 0.15) is 16.7 Å². The molecule has 1 aromatic carbocycles. The molecule has 20 heavy (non-hydrogen) atoms. The molecule has 1 N–H and O–H groups in total. The number of nitrogens with zero attached hydrogens (tertiary/aromatic N) is 1. The van der Waals surface area contributed by atoms with E-state index >= 15 is 0 Å². The van der Waals surface area contributed by atoms with E-state index in [4.69, 9.17) is 4.74 Å². The number of carbonyl (C=O) groups excluding carboxylic acids is 1. The second-order valence-corrected chi connectivity index (χ2v) is 4.74. The Morgan fingerprint density at radius 3 is 2.70 bits per heavy atom. The van der Waals surface area contributed by atoms with Crippen molar-refractivity contribution in [1.82, 2.24) is 9.88 Å². The zero-order chi connectivity index (χ0) is 14.4. The first-order valence-electron chi connectivity index (χ1n) is 6.65. The van der Waals surface area contributed by atoms with Gasteiger partial charge in [-0.25, -0.2) is 0 Å². The topological polar surface area (TPSA) is 43.3 Å². The van der Waals surface area contributed by atoms with Crippen LogP contribution in [0, 0.1) is 0 Å². The van der Waals surface area contributed by atoms with Crippen LogP contribution in [-0.2, 0) is 29.0 Å². The zero-order valence-corrected chi connectivity index (χ0v) is 11.9. The third-order valence-corrected chi connectivity index (χ3v) is 3.23. The van der Waals surface area contributed by atoms with Crippen LogP contribution in [0.2, 0.25) is 0 Å². The van der Waals surface area contributed by atoms with E-state index in [2.05, 4.69) is 34.4 Å². The normalized spacial score (nSPS) is 10.5. The molecule has 0 unspecified atom stereocenters.